The number of nitrogens with two attached hydrogens (primary N) is 1. The molecule has 0 aromatic carbocycles. The minimum atomic E-state index is -1.75. The SMILES string of the molecule is C[C@@H](O)C(O)C(O)C(O)OCCO[C@H]1OC(CO)[C@@H](O)C(O)C1N. The quantitative estimate of drug-likeness (QED) is 0.146. The maximum atomic E-state index is 9.75. The van der Waals surface area contributed by atoms with Gasteiger partial charge >= 0.3 is 0 Å². The Morgan fingerprint density at radius 2 is 1.67 bits per heavy atom. The van der Waals surface area contributed by atoms with Crippen molar-refractivity contribution in [1.82, 2.24) is 0 Å². The van der Waals surface area contributed by atoms with Crippen LogP contribution < -0.4 is 5.73 Å². The van der Waals surface area contributed by atoms with Gasteiger partial charge in [-0.15, -0.1) is 0 Å². The van der Waals surface area contributed by atoms with Crippen LogP contribution in [0.1, 0.15) is 6.92 Å². The lowest BCUT2D eigenvalue weighted by Gasteiger charge is -2.40. The van der Waals surface area contributed by atoms with Gasteiger partial charge in [0.05, 0.1) is 32.0 Å². The van der Waals surface area contributed by atoms with Gasteiger partial charge in [-0.1, -0.05) is 0 Å². The summed E-state index contributed by atoms with van der Waals surface area (Å²) in [6.07, 6.45) is -11.2. The first-order valence-corrected chi connectivity index (χ1v) is 7.54. The lowest BCUT2D eigenvalue weighted by molar-refractivity contribution is -0.272. The summed E-state index contributed by atoms with van der Waals surface area (Å²) in [5.74, 6) is 0. The van der Waals surface area contributed by atoms with Gasteiger partial charge in [-0.2, -0.15) is 0 Å². The third kappa shape index (κ3) is 5.54. The molecule has 0 aliphatic carbocycles. The molecule has 0 saturated carbocycles. The van der Waals surface area contributed by atoms with Gasteiger partial charge in [-0.25, -0.2) is 0 Å². The highest BCUT2D eigenvalue weighted by Gasteiger charge is 2.42. The average Bonchev–Trinajstić information content (AvgIpc) is 2.56. The van der Waals surface area contributed by atoms with Gasteiger partial charge in [0.1, 0.15) is 30.5 Å². The summed E-state index contributed by atoms with van der Waals surface area (Å²) in [6.45, 7) is 0.319. The monoisotopic (exact) mass is 357 g/mol. The number of ether oxygens (including phenoxy) is 3. The van der Waals surface area contributed by atoms with E-state index in [4.69, 9.17) is 30.2 Å². The predicted molar refractivity (Wildman–Crippen MR) is 77.3 cm³/mol. The van der Waals surface area contributed by atoms with E-state index in [9.17, 15) is 25.5 Å². The minimum Gasteiger partial charge on any atom is -0.394 e. The van der Waals surface area contributed by atoms with Crippen molar-refractivity contribution in [3.8, 4) is 0 Å². The summed E-state index contributed by atoms with van der Waals surface area (Å²) >= 11 is 0. The highest BCUT2D eigenvalue weighted by molar-refractivity contribution is 4.91. The Morgan fingerprint density at radius 3 is 2.21 bits per heavy atom. The van der Waals surface area contributed by atoms with Crippen molar-refractivity contribution in [3.05, 3.63) is 0 Å². The Kier molecular flexibility index (Phi) is 8.90. The molecule has 0 aromatic rings. The summed E-state index contributed by atoms with van der Waals surface area (Å²) in [7, 11) is 0. The molecule has 9 atom stereocenters. The third-order valence-electron chi connectivity index (χ3n) is 3.72. The van der Waals surface area contributed by atoms with E-state index in [0.29, 0.717) is 0 Å². The normalized spacial score (nSPS) is 36.1. The predicted octanol–water partition coefficient (Wildman–Crippen LogP) is -4.79. The second-order valence-corrected chi connectivity index (χ2v) is 5.64. The Bertz CT molecular complexity index is 358. The second kappa shape index (κ2) is 9.89. The van der Waals surface area contributed by atoms with Crippen molar-refractivity contribution in [2.45, 2.75) is 62.2 Å². The van der Waals surface area contributed by atoms with E-state index in [-0.39, 0.29) is 13.2 Å². The zero-order chi connectivity index (χ0) is 18.4. The summed E-state index contributed by atoms with van der Waals surface area (Å²) in [5.41, 5.74) is 5.66. The van der Waals surface area contributed by atoms with Gasteiger partial charge in [-0.05, 0) is 6.92 Å². The molecule has 0 spiro atoms. The molecule has 6 unspecified atom stereocenters. The van der Waals surface area contributed by atoms with Gasteiger partial charge in [0.2, 0.25) is 0 Å². The van der Waals surface area contributed by atoms with E-state index in [1.807, 2.05) is 0 Å². The van der Waals surface area contributed by atoms with Gasteiger partial charge in [-0.3, -0.25) is 0 Å². The Morgan fingerprint density at radius 1 is 1.04 bits per heavy atom. The molecular weight excluding hydrogens is 330 g/mol. The largest absolute Gasteiger partial charge is 0.394 e. The van der Waals surface area contributed by atoms with E-state index >= 15 is 0 Å². The molecule has 144 valence electrons. The molecule has 1 heterocycles. The molecule has 0 bridgehead atoms. The molecule has 1 rings (SSSR count). The first kappa shape index (κ1) is 21.6. The first-order valence-electron chi connectivity index (χ1n) is 7.54. The van der Waals surface area contributed by atoms with E-state index in [0.717, 1.165) is 0 Å². The molecule has 1 saturated heterocycles. The van der Waals surface area contributed by atoms with Crippen LogP contribution in [0.2, 0.25) is 0 Å². The number of aliphatic hydroxyl groups excluding tert-OH is 7. The first-order chi connectivity index (χ1) is 11.2. The van der Waals surface area contributed by atoms with Crippen LogP contribution >= 0.6 is 0 Å². The summed E-state index contributed by atoms with van der Waals surface area (Å²) in [6, 6.07) is -1.06. The van der Waals surface area contributed by atoms with Crippen molar-refractivity contribution < 1.29 is 50.0 Å². The average molecular weight is 357 g/mol. The number of hydrogen-bond acceptors (Lipinski definition) is 11. The van der Waals surface area contributed by atoms with Crippen LogP contribution in [0.5, 0.6) is 0 Å². The summed E-state index contributed by atoms with van der Waals surface area (Å²) in [4.78, 5) is 0. The summed E-state index contributed by atoms with van der Waals surface area (Å²) < 4.78 is 15.3. The van der Waals surface area contributed by atoms with Crippen molar-refractivity contribution in [2.75, 3.05) is 19.8 Å². The molecule has 24 heavy (non-hydrogen) atoms. The van der Waals surface area contributed by atoms with Crippen LogP contribution in [-0.4, -0.2) is 111 Å². The smallest absolute Gasteiger partial charge is 0.183 e. The Balaban J connectivity index is 2.36. The number of aliphatic hydroxyl groups is 7. The van der Waals surface area contributed by atoms with E-state index in [1.54, 1.807) is 0 Å². The zero-order valence-corrected chi connectivity index (χ0v) is 13.3. The zero-order valence-electron chi connectivity index (χ0n) is 13.3. The van der Waals surface area contributed by atoms with Crippen LogP contribution in [0.3, 0.4) is 0 Å². The molecule has 0 radical (unpaired) electrons. The van der Waals surface area contributed by atoms with E-state index in [1.165, 1.54) is 6.92 Å². The van der Waals surface area contributed by atoms with E-state index < -0.39 is 61.9 Å². The molecule has 1 aliphatic rings. The fraction of sp³-hybridized carbons (Fsp3) is 1.00. The van der Waals surface area contributed by atoms with Crippen LogP contribution in [-0.2, 0) is 14.2 Å². The minimum absolute atomic E-state index is 0.159. The standard InChI is InChI=1S/C13H27NO10/c1-5(16)8(17)11(20)12(21)22-2-3-23-13-7(14)10(19)9(18)6(4-15)24-13/h5-13,15-21H,2-4,14H2,1H3/t5-,6?,7?,8?,9-,10?,11?,12?,13+/m1/s1. The lowest BCUT2D eigenvalue weighted by Crippen LogP contribution is -2.62. The Labute approximate surface area is 138 Å². The molecule has 1 fully saturated rings. The molecule has 0 amide bonds. The third-order valence-corrected chi connectivity index (χ3v) is 3.72. The molecule has 9 N–H and O–H groups in total. The second-order valence-electron chi connectivity index (χ2n) is 5.64. The number of hydrogen-bond donors (Lipinski definition) is 8. The van der Waals surface area contributed by atoms with Gasteiger partial charge < -0.3 is 55.7 Å². The van der Waals surface area contributed by atoms with Gasteiger partial charge in [0.15, 0.2) is 12.6 Å². The maximum Gasteiger partial charge on any atom is 0.183 e. The molecule has 1 aliphatic heterocycles. The van der Waals surface area contributed by atoms with Crippen molar-refractivity contribution in [1.29, 1.82) is 0 Å². The van der Waals surface area contributed by atoms with Crippen LogP contribution in [0, 0.1) is 0 Å². The fourth-order valence-corrected chi connectivity index (χ4v) is 2.14. The maximum absolute atomic E-state index is 9.75. The highest BCUT2D eigenvalue weighted by atomic mass is 16.7. The summed E-state index contributed by atoms with van der Waals surface area (Å²) in [5, 5.41) is 66.0. The topological polar surface area (TPSA) is 195 Å². The highest BCUT2D eigenvalue weighted by Crippen LogP contribution is 2.20. The van der Waals surface area contributed by atoms with Crippen LogP contribution in [0.25, 0.3) is 0 Å². The molecule has 11 heteroatoms. The van der Waals surface area contributed by atoms with Crippen molar-refractivity contribution in [2.24, 2.45) is 5.73 Å². The van der Waals surface area contributed by atoms with Crippen LogP contribution in [0.15, 0.2) is 0 Å². The number of rotatable bonds is 9. The van der Waals surface area contributed by atoms with Crippen molar-refractivity contribution in [3.63, 3.8) is 0 Å². The molecule has 11 nitrogen and oxygen atoms in total. The molecular formula is C13H27NO10. The Hall–Kier alpha value is -0.440. The van der Waals surface area contributed by atoms with Crippen LogP contribution in [0.4, 0.5) is 0 Å². The van der Waals surface area contributed by atoms with Crippen molar-refractivity contribution >= 4 is 0 Å². The van der Waals surface area contributed by atoms with E-state index in [2.05, 4.69) is 0 Å². The fourth-order valence-electron chi connectivity index (χ4n) is 2.14. The van der Waals surface area contributed by atoms with Gasteiger partial charge in [0, 0.05) is 0 Å². The molecule has 0 aromatic heterocycles. The van der Waals surface area contributed by atoms with Gasteiger partial charge in [0.25, 0.3) is 0 Å². The lowest BCUT2D eigenvalue weighted by atomic mass is 9.98.